The van der Waals surface area contributed by atoms with Gasteiger partial charge in [-0.05, 0) is 6.16 Å². The smallest absolute Gasteiger partial charge is 0.0242 e. The lowest BCUT2D eigenvalue weighted by molar-refractivity contribution is 0.174. The molecule has 0 aromatic carbocycles. The molecule has 0 saturated heterocycles. The predicted octanol–water partition coefficient (Wildman–Crippen LogP) is -0.160. The number of hydrogen-bond acceptors (Lipinski definition) is 2. The van der Waals surface area contributed by atoms with Gasteiger partial charge in [-0.1, -0.05) is 0 Å². The second-order valence-electron chi connectivity index (χ2n) is 0.697. The molecule has 0 saturated carbocycles. The summed E-state index contributed by atoms with van der Waals surface area (Å²) in [5, 5.41) is 7.80. The first-order valence-electron chi connectivity index (χ1n) is 1.49. The van der Waals surface area contributed by atoms with Gasteiger partial charge in [0.15, 0.2) is 0 Å². The van der Waals surface area contributed by atoms with Crippen molar-refractivity contribution in [2.45, 2.75) is 0 Å². The molecule has 0 aliphatic carbocycles. The minimum absolute atomic E-state index is 0.657. The molecule has 0 amide bonds. The molecule has 1 atom stereocenters. The number of nitrogens with one attached hydrogen (secondary N) is 1. The highest BCUT2D eigenvalue weighted by Gasteiger charge is 1.66. The summed E-state index contributed by atoms with van der Waals surface area (Å²) in [6.45, 7) is 0.657. The quantitative estimate of drug-likeness (QED) is 0.367. The van der Waals surface area contributed by atoms with Gasteiger partial charge < -0.3 is 5.21 Å². The van der Waals surface area contributed by atoms with Gasteiger partial charge >= 0.3 is 0 Å². The molecule has 0 aliphatic rings. The van der Waals surface area contributed by atoms with E-state index < -0.39 is 0 Å². The van der Waals surface area contributed by atoms with Crippen molar-refractivity contribution in [2.24, 2.45) is 0 Å². The molecule has 0 radical (unpaired) electrons. The van der Waals surface area contributed by atoms with Crippen LogP contribution in [-0.2, 0) is 0 Å². The fourth-order valence-corrected chi connectivity index (χ4v) is 0.194. The van der Waals surface area contributed by atoms with E-state index in [9.17, 15) is 0 Å². The number of hydrogen-bond donors (Lipinski definition) is 2. The first-order valence-corrected chi connectivity index (χ1v) is 2.30. The van der Waals surface area contributed by atoms with Crippen molar-refractivity contribution in [3.8, 4) is 0 Å². The Balaban J connectivity index is 2.19. The summed E-state index contributed by atoms with van der Waals surface area (Å²) in [5.41, 5.74) is 2.00. The standard InChI is InChI=1S/C2H8NOP/c4-3-1-2-5/h3-4H,1-2,5H2. The second-order valence-corrected chi connectivity index (χ2v) is 1.27. The summed E-state index contributed by atoms with van der Waals surface area (Å²) in [4.78, 5) is 0. The summed E-state index contributed by atoms with van der Waals surface area (Å²) in [5.74, 6) is 0. The van der Waals surface area contributed by atoms with Crippen LogP contribution in [0, 0.1) is 0 Å². The fourth-order valence-electron chi connectivity index (χ4n) is 0.0645. The molecular weight excluding hydrogens is 85.0 g/mol. The maximum atomic E-state index is 7.80. The summed E-state index contributed by atoms with van der Waals surface area (Å²) in [6.07, 6.45) is 0.899. The van der Waals surface area contributed by atoms with Crippen molar-refractivity contribution in [3.05, 3.63) is 0 Å². The van der Waals surface area contributed by atoms with E-state index in [4.69, 9.17) is 5.21 Å². The van der Waals surface area contributed by atoms with Gasteiger partial charge in [-0.15, -0.1) is 9.24 Å². The molecule has 0 aliphatic heterocycles. The van der Waals surface area contributed by atoms with E-state index in [0.29, 0.717) is 6.54 Å². The molecule has 0 rings (SSSR count). The Morgan fingerprint density at radius 3 is 2.40 bits per heavy atom. The molecule has 0 spiro atoms. The number of rotatable bonds is 2. The first kappa shape index (κ1) is 5.35. The van der Waals surface area contributed by atoms with Gasteiger partial charge in [0.1, 0.15) is 0 Å². The zero-order valence-corrected chi connectivity index (χ0v) is 4.09. The van der Waals surface area contributed by atoms with Crippen molar-refractivity contribution >= 4 is 9.24 Å². The highest BCUT2D eigenvalue weighted by atomic mass is 31.0. The summed E-state index contributed by atoms with van der Waals surface area (Å²) in [7, 11) is 2.48. The molecule has 0 heterocycles. The van der Waals surface area contributed by atoms with Crippen LogP contribution in [0.5, 0.6) is 0 Å². The minimum atomic E-state index is 0.657. The maximum Gasteiger partial charge on any atom is 0.0242 e. The van der Waals surface area contributed by atoms with E-state index >= 15 is 0 Å². The largest absolute Gasteiger partial charge is 0.317 e. The van der Waals surface area contributed by atoms with Crippen LogP contribution in [0.25, 0.3) is 0 Å². The Bertz CT molecular complexity index is 17.1. The molecular formula is C2H8NOP. The van der Waals surface area contributed by atoms with Crippen molar-refractivity contribution in [1.29, 1.82) is 0 Å². The highest BCUT2D eigenvalue weighted by molar-refractivity contribution is 7.16. The van der Waals surface area contributed by atoms with E-state index in [0.717, 1.165) is 6.16 Å². The first-order chi connectivity index (χ1) is 2.41. The van der Waals surface area contributed by atoms with E-state index in [1.165, 1.54) is 0 Å². The van der Waals surface area contributed by atoms with Gasteiger partial charge in [0.25, 0.3) is 0 Å². The van der Waals surface area contributed by atoms with E-state index in [1.807, 2.05) is 5.48 Å². The maximum absolute atomic E-state index is 7.80. The molecule has 0 aromatic rings. The topological polar surface area (TPSA) is 32.3 Å². The fraction of sp³-hybridized carbons (Fsp3) is 1.00. The zero-order valence-electron chi connectivity index (χ0n) is 2.94. The monoisotopic (exact) mass is 93.0 g/mol. The van der Waals surface area contributed by atoms with Crippen molar-refractivity contribution in [3.63, 3.8) is 0 Å². The Hall–Kier alpha value is 0.350. The van der Waals surface area contributed by atoms with Crippen LogP contribution in [0.4, 0.5) is 0 Å². The zero-order chi connectivity index (χ0) is 4.12. The average Bonchev–Trinajstić information content (AvgIpc) is 1.41. The molecule has 3 heteroatoms. The van der Waals surface area contributed by atoms with Gasteiger partial charge in [-0.25, -0.2) is 5.48 Å². The van der Waals surface area contributed by atoms with E-state index in [1.54, 1.807) is 0 Å². The third kappa shape index (κ3) is 4.35. The molecule has 2 nitrogen and oxygen atoms in total. The lowest BCUT2D eigenvalue weighted by Gasteiger charge is -1.83. The normalized spacial score (nSPS) is 8.40. The molecule has 5 heavy (non-hydrogen) atoms. The highest BCUT2D eigenvalue weighted by Crippen LogP contribution is 1.71. The van der Waals surface area contributed by atoms with Crippen LogP contribution in [-0.4, -0.2) is 17.9 Å². The molecule has 2 N–H and O–H groups in total. The van der Waals surface area contributed by atoms with Crippen molar-refractivity contribution in [2.75, 3.05) is 12.7 Å². The molecule has 0 bridgehead atoms. The minimum Gasteiger partial charge on any atom is -0.317 e. The van der Waals surface area contributed by atoms with Gasteiger partial charge in [0.05, 0.1) is 0 Å². The Morgan fingerprint density at radius 2 is 2.40 bits per heavy atom. The molecule has 0 fully saturated rings. The summed E-state index contributed by atoms with van der Waals surface area (Å²) < 4.78 is 0. The number of hydroxylamine groups is 1. The van der Waals surface area contributed by atoms with Crippen LogP contribution in [0.2, 0.25) is 0 Å². The van der Waals surface area contributed by atoms with Crippen LogP contribution in [0.3, 0.4) is 0 Å². The van der Waals surface area contributed by atoms with Crippen molar-refractivity contribution < 1.29 is 5.21 Å². The van der Waals surface area contributed by atoms with Crippen molar-refractivity contribution in [1.82, 2.24) is 5.48 Å². The third-order valence-electron chi connectivity index (χ3n) is 0.256. The van der Waals surface area contributed by atoms with Crippen LogP contribution in [0.1, 0.15) is 0 Å². The predicted molar refractivity (Wildman–Crippen MR) is 24.4 cm³/mol. The Morgan fingerprint density at radius 1 is 1.80 bits per heavy atom. The summed E-state index contributed by atoms with van der Waals surface area (Å²) in [6, 6.07) is 0. The van der Waals surface area contributed by atoms with Gasteiger partial charge in [-0.2, -0.15) is 0 Å². The SMILES string of the molecule is ONCCP. The molecule has 32 valence electrons. The third-order valence-corrected chi connectivity index (χ3v) is 0.545. The van der Waals surface area contributed by atoms with Crippen LogP contribution >= 0.6 is 9.24 Å². The molecule has 0 aromatic heterocycles. The van der Waals surface area contributed by atoms with Gasteiger partial charge in [0, 0.05) is 6.54 Å². The lowest BCUT2D eigenvalue weighted by atomic mass is 10.8. The van der Waals surface area contributed by atoms with Gasteiger partial charge in [-0.3, -0.25) is 0 Å². The van der Waals surface area contributed by atoms with E-state index in [-0.39, 0.29) is 0 Å². The van der Waals surface area contributed by atoms with E-state index in [2.05, 4.69) is 9.24 Å². The second kappa shape index (κ2) is 4.35. The van der Waals surface area contributed by atoms with Crippen LogP contribution in [0.15, 0.2) is 0 Å². The summed E-state index contributed by atoms with van der Waals surface area (Å²) >= 11 is 0. The Labute approximate surface area is 33.7 Å². The average molecular weight is 93.1 g/mol. The lowest BCUT2D eigenvalue weighted by Crippen LogP contribution is -2.08. The molecule has 1 unspecified atom stereocenters. The van der Waals surface area contributed by atoms with Crippen LogP contribution < -0.4 is 5.48 Å². The Kier molecular flexibility index (Phi) is 4.65. The van der Waals surface area contributed by atoms with Gasteiger partial charge in [0.2, 0.25) is 0 Å².